The smallest absolute Gasteiger partial charge is 0.207 e. The van der Waals surface area contributed by atoms with Crippen molar-refractivity contribution in [3.8, 4) is 0 Å². The zero-order valence-electron chi connectivity index (χ0n) is 9.41. The highest BCUT2D eigenvalue weighted by molar-refractivity contribution is 9.09. The number of aryl methyl sites for hydroxylation is 1. The lowest BCUT2D eigenvalue weighted by atomic mass is 9.96. The van der Waals surface area contributed by atoms with Crippen LogP contribution in [0.15, 0.2) is 18.2 Å². The number of hydrogen-bond acceptors (Lipinski definition) is 0. The van der Waals surface area contributed by atoms with Crippen molar-refractivity contribution in [2.75, 3.05) is 0 Å². The third-order valence-corrected chi connectivity index (χ3v) is 3.56. The van der Waals surface area contributed by atoms with Crippen LogP contribution in [-0.4, -0.2) is 12.4 Å². The summed E-state index contributed by atoms with van der Waals surface area (Å²) < 4.78 is 88.0. The average molecular weight is 353 g/mol. The first kappa shape index (κ1) is 16.3. The highest BCUT2D eigenvalue weighted by atomic mass is 79.9. The maximum absolute atomic E-state index is 13.0. The predicted molar refractivity (Wildman–Crippen MR) is 58.4 cm³/mol. The van der Waals surface area contributed by atoms with E-state index in [1.807, 2.05) is 0 Å². The Morgan fingerprint density at radius 2 is 1.47 bits per heavy atom. The second-order valence-corrected chi connectivity index (χ2v) is 4.96. The van der Waals surface area contributed by atoms with Crippen LogP contribution in [0.1, 0.15) is 16.0 Å². The second-order valence-electron chi connectivity index (χ2n) is 3.97. The van der Waals surface area contributed by atoms with E-state index in [-0.39, 0.29) is 11.1 Å². The van der Waals surface area contributed by atoms with Crippen LogP contribution in [0.4, 0.5) is 30.7 Å². The summed E-state index contributed by atoms with van der Waals surface area (Å²) in [5.41, 5.74) is -0.302. The average Bonchev–Trinajstić information content (AvgIpc) is 2.17. The van der Waals surface area contributed by atoms with Crippen molar-refractivity contribution in [3.05, 3.63) is 35.1 Å². The van der Waals surface area contributed by atoms with E-state index in [0.29, 0.717) is 0 Å². The zero-order valence-corrected chi connectivity index (χ0v) is 11.0. The molecule has 1 rings (SSSR count). The highest BCUT2D eigenvalue weighted by Gasteiger charge is 2.60. The monoisotopic (exact) mass is 352 g/mol. The molecular weight excluding hydrogens is 345 g/mol. The molecular formula is C11H8BrF7. The molecule has 0 N–H and O–H groups in total. The Balaban J connectivity index is 3.20. The van der Waals surface area contributed by atoms with E-state index in [1.54, 1.807) is 0 Å². The van der Waals surface area contributed by atoms with Crippen molar-refractivity contribution >= 4 is 15.9 Å². The molecule has 108 valence electrons. The third kappa shape index (κ3) is 3.84. The van der Waals surface area contributed by atoms with E-state index in [9.17, 15) is 30.7 Å². The molecule has 0 spiro atoms. The maximum atomic E-state index is 13.0. The molecule has 0 aromatic heterocycles. The van der Waals surface area contributed by atoms with Crippen LogP contribution >= 0.6 is 15.9 Å². The molecule has 1 aromatic carbocycles. The van der Waals surface area contributed by atoms with Crippen LogP contribution < -0.4 is 0 Å². The fourth-order valence-electron chi connectivity index (χ4n) is 1.55. The van der Waals surface area contributed by atoms with Crippen molar-refractivity contribution in [2.24, 2.45) is 5.92 Å². The Bertz CT molecular complexity index is 435. The van der Waals surface area contributed by atoms with E-state index in [2.05, 4.69) is 15.9 Å². The fraction of sp³-hybridized carbons (Fsp3) is 0.455. The number of halogens is 8. The quantitative estimate of drug-likeness (QED) is 0.499. The van der Waals surface area contributed by atoms with Gasteiger partial charge in [0.05, 0.1) is 4.83 Å². The van der Waals surface area contributed by atoms with Crippen LogP contribution in [0, 0.1) is 18.7 Å². The molecule has 0 saturated carbocycles. The van der Waals surface area contributed by atoms with Gasteiger partial charge in [-0.15, -0.1) is 0 Å². The highest BCUT2D eigenvalue weighted by Crippen LogP contribution is 2.50. The number of rotatable bonds is 2. The summed E-state index contributed by atoms with van der Waals surface area (Å²) in [6.07, 6.45) is -10.9. The molecule has 1 aromatic rings. The Hall–Kier alpha value is -0.790. The third-order valence-electron chi connectivity index (χ3n) is 2.50. The summed E-state index contributed by atoms with van der Waals surface area (Å²) in [6, 6.07) is 2.69. The van der Waals surface area contributed by atoms with Crippen molar-refractivity contribution in [1.29, 1.82) is 0 Å². The Kier molecular flexibility index (Phi) is 4.54. The van der Waals surface area contributed by atoms with Crippen LogP contribution in [0.2, 0.25) is 0 Å². The predicted octanol–water partition coefficient (Wildman–Crippen LogP) is 5.31. The van der Waals surface area contributed by atoms with Crippen LogP contribution in [0.3, 0.4) is 0 Å². The summed E-state index contributed by atoms with van der Waals surface area (Å²) in [5, 5.41) is 0. The van der Waals surface area contributed by atoms with E-state index in [1.165, 1.54) is 6.92 Å². The minimum atomic E-state index is -5.45. The van der Waals surface area contributed by atoms with Gasteiger partial charge in [-0.2, -0.15) is 26.3 Å². The molecule has 0 heterocycles. The molecule has 0 aliphatic rings. The van der Waals surface area contributed by atoms with Gasteiger partial charge in [0.1, 0.15) is 5.82 Å². The van der Waals surface area contributed by atoms with Gasteiger partial charge in [-0.05, 0) is 24.1 Å². The molecule has 0 bridgehead atoms. The van der Waals surface area contributed by atoms with E-state index < -0.39 is 28.9 Å². The molecule has 0 radical (unpaired) electrons. The lowest BCUT2D eigenvalue weighted by Gasteiger charge is -2.27. The topological polar surface area (TPSA) is 0 Å². The van der Waals surface area contributed by atoms with Gasteiger partial charge in [0, 0.05) is 0 Å². The van der Waals surface area contributed by atoms with E-state index in [0.717, 1.165) is 18.2 Å². The van der Waals surface area contributed by atoms with Gasteiger partial charge in [-0.3, -0.25) is 0 Å². The zero-order chi connectivity index (χ0) is 15.0. The van der Waals surface area contributed by atoms with Crippen LogP contribution in [0.5, 0.6) is 0 Å². The van der Waals surface area contributed by atoms with Gasteiger partial charge in [0.25, 0.3) is 0 Å². The first-order chi connectivity index (χ1) is 8.44. The lowest BCUT2D eigenvalue weighted by Crippen LogP contribution is -2.39. The van der Waals surface area contributed by atoms with Crippen molar-refractivity contribution < 1.29 is 30.7 Å². The molecule has 0 saturated heterocycles. The normalized spacial score (nSPS) is 14.8. The van der Waals surface area contributed by atoms with Gasteiger partial charge in [-0.1, -0.05) is 28.1 Å². The number of benzene rings is 1. The van der Waals surface area contributed by atoms with Gasteiger partial charge < -0.3 is 0 Å². The summed E-state index contributed by atoms with van der Waals surface area (Å²) in [5.74, 6) is -4.25. The SMILES string of the molecule is Cc1cc(C(Br)C(C(F)(F)F)C(F)(F)F)ccc1F. The standard InChI is InChI=1S/C11H8BrF7/c1-5-4-6(2-3-7(5)13)8(12)9(10(14,15)16)11(17,18)19/h2-4,8-9H,1H3. The summed E-state index contributed by atoms with van der Waals surface area (Å²) >= 11 is 2.42. The lowest BCUT2D eigenvalue weighted by molar-refractivity contribution is -0.283. The van der Waals surface area contributed by atoms with Gasteiger partial charge in [-0.25, -0.2) is 4.39 Å². The number of hydrogen-bond donors (Lipinski definition) is 0. The molecule has 1 atom stereocenters. The van der Waals surface area contributed by atoms with Gasteiger partial charge in [0.15, 0.2) is 5.92 Å². The van der Waals surface area contributed by atoms with Crippen LogP contribution in [-0.2, 0) is 0 Å². The first-order valence-electron chi connectivity index (χ1n) is 4.98. The van der Waals surface area contributed by atoms with Crippen molar-refractivity contribution in [1.82, 2.24) is 0 Å². The summed E-state index contributed by atoms with van der Waals surface area (Å²) in [6.45, 7) is 1.26. The minimum absolute atomic E-state index is 0.0231. The summed E-state index contributed by atoms with van der Waals surface area (Å²) in [7, 11) is 0. The summed E-state index contributed by atoms with van der Waals surface area (Å²) in [4.78, 5) is -2.02. The Morgan fingerprint density at radius 3 is 1.84 bits per heavy atom. The molecule has 0 aliphatic heterocycles. The van der Waals surface area contributed by atoms with Crippen molar-refractivity contribution in [2.45, 2.75) is 24.1 Å². The van der Waals surface area contributed by atoms with E-state index in [4.69, 9.17) is 0 Å². The van der Waals surface area contributed by atoms with Gasteiger partial charge in [0.2, 0.25) is 0 Å². The van der Waals surface area contributed by atoms with E-state index >= 15 is 0 Å². The maximum Gasteiger partial charge on any atom is 0.401 e. The molecule has 19 heavy (non-hydrogen) atoms. The number of alkyl halides is 7. The molecule has 1 unspecified atom stereocenters. The first-order valence-corrected chi connectivity index (χ1v) is 5.89. The van der Waals surface area contributed by atoms with Crippen molar-refractivity contribution in [3.63, 3.8) is 0 Å². The van der Waals surface area contributed by atoms with Gasteiger partial charge >= 0.3 is 12.4 Å². The Morgan fingerprint density at radius 1 is 1.00 bits per heavy atom. The van der Waals surface area contributed by atoms with Crippen LogP contribution in [0.25, 0.3) is 0 Å². The Labute approximate surface area is 112 Å². The molecule has 0 amide bonds. The largest absolute Gasteiger partial charge is 0.401 e. The second kappa shape index (κ2) is 5.30. The minimum Gasteiger partial charge on any atom is -0.207 e. The molecule has 0 fully saturated rings. The molecule has 8 heteroatoms. The molecule has 0 nitrogen and oxygen atoms in total. The molecule has 0 aliphatic carbocycles. The fourth-order valence-corrected chi connectivity index (χ4v) is 2.43.